The van der Waals surface area contributed by atoms with Crippen LogP contribution in [0.25, 0.3) is 0 Å². The van der Waals surface area contributed by atoms with Crippen LogP contribution in [0.3, 0.4) is 0 Å². The van der Waals surface area contributed by atoms with Crippen LogP contribution in [0.15, 0.2) is 71.6 Å². The first-order chi connectivity index (χ1) is 21.0. The van der Waals surface area contributed by atoms with Gasteiger partial charge in [-0.2, -0.15) is 0 Å². The van der Waals surface area contributed by atoms with Crippen molar-refractivity contribution in [2.75, 3.05) is 18.0 Å². The highest BCUT2D eigenvalue weighted by Gasteiger charge is 2.34. The maximum absolute atomic E-state index is 14.3. The molecule has 0 saturated heterocycles. The van der Waals surface area contributed by atoms with Gasteiger partial charge in [0.2, 0.25) is 11.8 Å². The summed E-state index contributed by atoms with van der Waals surface area (Å²) in [4.78, 5) is 29.4. The summed E-state index contributed by atoms with van der Waals surface area (Å²) in [5.74, 6) is -0.281. The first kappa shape index (κ1) is 33.6. The van der Waals surface area contributed by atoms with E-state index in [2.05, 4.69) is 5.32 Å². The zero-order valence-electron chi connectivity index (χ0n) is 25.3. The molecule has 8 nitrogen and oxygen atoms in total. The Labute approximate surface area is 270 Å². The summed E-state index contributed by atoms with van der Waals surface area (Å²) in [7, 11) is -2.69. The largest absolute Gasteiger partial charge is 0.497 e. The molecule has 1 aliphatic rings. The molecule has 0 heterocycles. The van der Waals surface area contributed by atoms with E-state index >= 15 is 0 Å². The Morgan fingerprint density at radius 1 is 0.955 bits per heavy atom. The minimum absolute atomic E-state index is 0.00444. The number of sulfonamides is 1. The molecule has 11 heteroatoms. The second-order valence-corrected chi connectivity index (χ2v) is 13.7. The average molecular weight is 661 g/mol. The fraction of sp³-hybridized carbons (Fsp3) is 0.394. The number of aryl methyl sites for hydroxylation is 1. The van der Waals surface area contributed by atoms with E-state index < -0.39 is 28.5 Å². The van der Waals surface area contributed by atoms with Crippen molar-refractivity contribution in [2.24, 2.45) is 0 Å². The van der Waals surface area contributed by atoms with E-state index in [1.807, 2.05) is 13.8 Å². The highest BCUT2D eigenvalue weighted by molar-refractivity contribution is 7.92. The van der Waals surface area contributed by atoms with Crippen molar-refractivity contribution < 1.29 is 22.7 Å². The lowest BCUT2D eigenvalue weighted by Crippen LogP contribution is -2.54. The van der Waals surface area contributed by atoms with E-state index in [-0.39, 0.29) is 23.4 Å². The molecule has 3 aromatic rings. The van der Waals surface area contributed by atoms with Gasteiger partial charge in [-0.1, -0.05) is 73.2 Å². The molecule has 44 heavy (non-hydrogen) atoms. The van der Waals surface area contributed by atoms with Gasteiger partial charge in [0.25, 0.3) is 10.0 Å². The fourth-order valence-corrected chi connectivity index (χ4v) is 7.15. The second-order valence-electron chi connectivity index (χ2n) is 11.1. The summed E-state index contributed by atoms with van der Waals surface area (Å²) < 4.78 is 34.4. The molecule has 4 rings (SSSR count). The topological polar surface area (TPSA) is 96.0 Å². The number of nitrogens with one attached hydrogen (secondary N) is 1. The number of hydrogen-bond donors (Lipinski definition) is 1. The number of benzene rings is 3. The summed E-state index contributed by atoms with van der Waals surface area (Å²) in [6.07, 6.45) is 5.35. The van der Waals surface area contributed by atoms with Gasteiger partial charge in [0.1, 0.15) is 18.3 Å². The fourth-order valence-electron chi connectivity index (χ4n) is 5.41. The normalized spacial score (nSPS) is 14.5. The van der Waals surface area contributed by atoms with Crippen LogP contribution in [0.1, 0.15) is 56.6 Å². The Morgan fingerprint density at radius 3 is 2.20 bits per heavy atom. The van der Waals surface area contributed by atoms with Crippen molar-refractivity contribution in [3.63, 3.8) is 0 Å². The summed E-state index contributed by atoms with van der Waals surface area (Å²) >= 11 is 12.4. The van der Waals surface area contributed by atoms with Crippen LogP contribution in [0.2, 0.25) is 10.0 Å². The van der Waals surface area contributed by atoms with Crippen LogP contribution >= 0.6 is 23.2 Å². The number of carbonyl (C=O) groups excluding carboxylic acids is 2. The summed E-state index contributed by atoms with van der Waals surface area (Å²) in [6.45, 7) is 3.25. The first-order valence-electron chi connectivity index (χ1n) is 14.8. The number of carbonyl (C=O) groups is 2. The minimum Gasteiger partial charge on any atom is -0.497 e. The van der Waals surface area contributed by atoms with Crippen molar-refractivity contribution in [1.82, 2.24) is 10.2 Å². The van der Waals surface area contributed by atoms with Gasteiger partial charge in [-0.15, -0.1) is 0 Å². The molecule has 1 aliphatic carbocycles. The summed E-state index contributed by atoms with van der Waals surface area (Å²) in [5, 5.41) is 3.83. The van der Waals surface area contributed by atoms with Crippen LogP contribution in [0.4, 0.5) is 5.69 Å². The molecular weight excluding hydrogens is 621 g/mol. The van der Waals surface area contributed by atoms with E-state index in [1.165, 1.54) is 24.1 Å². The molecule has 0 bridgehead atoms. The summed E-state index contributed by atoms with van der Waals surface area (Å²) in [5.41, 5.74) is 1.93. The van der Waals surface area contributed by atoms with Crippen LogP contribution in [0.5, 0.6) is 5.75 Å². The van der Waals surface area contributed by atoms with Crippen LogP contribution < -0.4 is 14.4 Å². The summed E-state index contributed by atoms with van der Waals surface area (Å²) in [6, 6.07) is 17.2. The SMILES string of the molecule is CCC(C(=O)NC1CCCCC1)N(Cc1ccc(Cl)c(Cl)c1)C(=O)CN(c1ccc(C)cc1)S(=O)(=O)c1ccc(OC)cc1. The maximum atomic E-state index is 14.3. The lowest BCUT2D eigenvalue weighted by Gasteiger charge is -2.34. The van der Waals surface area contributed by atoms with E-state index in [9.17, 15) is 18.0 Å². The molecule has 0 aliphatic heterocycles. The number of anilines is 1. The third-order valence-corrected chi connectivity index (χ3v) is 10.4. The molecule has 1 N–H and O–H groups in total. The van der Waals surface area contributed by atoms with Crippen molar-refractivity contribution in [3.05, 3.63) is 87.9 Å². The molecule has 3 aromatic carbocycles. The number of amides is 2. The monoisotopic (exact) mass is 659 g/mol. The van der Waals surface area contributed by atoms with E-state index in [0.29, 0.717) is 33.5 Å². The van der Waals surface area contributed by atoms with Gasteiger partial charge in [-0.3, -0.25) is 13.9 Å². The molecule has 1 unspecified atom stereocenters. The number of rotatable bonds is 12. The molecule has 236 valence electrons. The predicted molar refractivity (Wildman–Crippen MR) is 175 cm³/mol. The van der Waals surface area contributed by atoms with Gasteiger partial charge in [0.15, 0.2) is 0 Å². The third-order valence-electron chi connectivity index (χ3n) is 7.92. The molecular formula is C33H39Cl2N3O5S. The molecule has 0 radical (unpaired) electrons. The molecule has 1 fully saturated rings. The molecule has 1 saturated carbocycles. The van der Waals surface area contributed by atoms with E-state index in [4.69, 9.17) is 27.9 Å². The standard InChI is InChI=1S/C33H39Cl2N3O5S/c1-4-31(33(40)36-25-8-6-5-7-9-25)37(21-24-12-19-29(34)30(35)20-24)32(39)22-38(26-13-10-23(2)11-14-26)44(41,42)28-17-15-27(43-3)16-18-28/h10-20,25,31H,4-9,21-22H2,1-3H3,(H,36,40). The Kier molecular flexibility index (Phi) is 11.6. The second kappa shape index (κ2) is 15.1. The molecule has 1 atom stereocenters. The van der Waals surface area contributed by atoms with Gasteiger partial charge >= 0.3 is 0 Å². The molecule has 0 spiro atoms. The number of methoxy groups -OCH3 is 1. The van der Waals surface area contributed by atoms with Crippen molar-refractivity contribution in [2.45, 2.75) is 75.9 Å². The Balaban J connectivity index is 1.71. The zero-order valence-corrected chi connectivity index (χ0v) is 27.6. The van der Waals surface area contributed by atoms with Crippen molar-refractivity contribution in [3.8, 4) is 5.75 Å². The van der Waals surface area contributed by atoms with Gasteiger partial charge in [-0.05, 0) is 80.3 Å². The Hall–Kier alpha value is -3.27. The quantitative estimate of drug-likeness (QED) is 0.232. The van der Waals surface area contributed by atoms with Crippen molar-refractivity contribution >= 4 is 50.7 Å². The van der Waals surface area contributed by atoms with E-state index in [1.54, 1.807) is 54.6 Å². The van der Waals surface area contributed by atoms with Gasteiger partial charge in [0.05, 0.1) is 27.7 Å². The zero-order chi connectivity index (χ0) is 31.9. The Bertz CT molecular complexity index is 1540. The van der Waals surface area contributed by atoms with Gasteiger partial charge < -0.3 is 15.0 Å². The molecule has 0 aromatic heterocycles. The lowest BCUT2D eigenvalue weighted by molar-refractivity contribution is -0.140. The van der Waals surface area contributed by atoms with Crippen LogP contribution in [-0.4, -0.2) is 50.9 Å². The van der Waals surface area contributed by atoms with Gasteiger partial charge in [-0.25, -0.2) is 8.42 Å². The minimum atomic E-state index is -4.19. The van der Waals surface area contributed by atoms with Crippen LogP contribution in [-0.2, 0) is 26.2 Å². The van der Waals surface area contributed by atoms with Crippen LogP contribution in [0, 0.1) is 6.92 Å². The lowest BCUT2D eigenvalue weighted by atomic mass is 9.95. The first-order valence-corrected chi connectivity index (χ1v) is 17.0. The van der Waals surface area contributed by atoms with Gasteiger partial charge in [0, 0.05) is 12.6 Å². The number of halogens is 2. The molecule has 2 amide bonds. The number of ether oxygens (including phenoxy) is 1. The van der Waals surface area contributed by atoms with Crippen molar-refractivity contribution in [1.29, 1.82) is 0 Å². The predicted octanol–water partition coefficient (Wildman–Crippen LogP) is 6.76. The third kappa shape index (κ3) is 8.25. The average Bonchev–Trinajstić information content (AvgIpc) is 3.02. The number of hydrogen-bond acceptors (Lipinski definition) is 5. The van der Waals surface area contributed by atoms with E-state index in [0.717, 1.165) is 42.0 Å². The Morgan fingerprint density at radius 2 is 1.61 bits per heavy atom. The highest BCUT2D eigenvalue weighted by atomic mass is 35.5. The number of nitrogens with zero attached hydrogens (tertiary/aromatic N) is 2. The highest BCUT2D eigenvalue weighted by Crippen LogP contribution is 2.28. The maximum Gasteiger partial charge on any atom is 0.264 e. The smallest absolute Gasteiger partial charge is 0.264 e.